The Labute approximate surface area is 114 Å². The molecule has 20 heavy (non-hydrogen) atoms. The van der Waals surface area contributed by atoms with E-state index in [2.05, 4.69) is 25.3 Å². The minimum atomic E-state index is -0.909. The molecule has 0 aliphatic carbocycles. The average Bonchev–Trinajstić information content (AvgIpc) is 2.33. The molecule has 1 aromatic heterocycles. The lowest BCUT2D eigenvalue weighted by Crippen LogP contribution is -2.19. The predicted molar refractivity (Wildman–Crippen MR) is 71.6 cm³/mol. The Bertz CT molecular complexity index is 507. The van der Waals surface area contributed by atoms with Crippen molar-refractivity contribution in [2.45, 2.75) is 13.8 Å². The van der Waals surface area contributed by atoms with Crippen molar-refractivity contribution in [3.63, 3.8) is 0 Å². The number of nitrogens with zero attached hydrogens (tertiary/aromatic N) is 3. The van der Waals surface area contributed by atoms with Crippen molar-refractivity contribution in [2.75, 3.05) is 30.3 Å². The van der Waals surface area contributed by atoms with Crippen molar-refractivity contribution in [3.05, 3.63) is 15.8 Å². The number of hydrogen-bond acceptors (Lipinski definition) is 8. The third kappa shape index (κ3) is 4.23. The van der Waals surface area contributed by atoms with Gasteiger partial charge in [-0.2, -0.15) is 4.98 Å². The van der Waals surface area contributed by atoms with E-state index >= 15 is 0 Å². The van der Waals surface area contributed by atoms with E-state index in [1.165, 1.54) is 6.92 Å². The highest BCUT2D eigenvalue weighted by molar-refractivity contribution is 5.64. The van der Waals surface area contributed by atoms with Gasteiger partial charge in [-0.05, 0) is 13.8 Å². The van der Waals surface area contributed by atoms with Crippen LogP contribution < -0.4 is 16.4 Å². The summed E-state index contributed by atoms with van der Waals surface area (Å²) in [5.41, 5.74) is 4.82. The summed E-state index contributed by atoms with van der Waals surface area (Å²) in [6.45, 7) is 4.08. The number of carbonyl (C=O) groups excluding carboxylic acids is 1. The van der Waals surface area contributed by atoms with E-state index < -0.39 is 11.0 Å². The number of carbonyl (C=O) groups is 1. The summed E-state index contributed by atoms with van der Waals surface area (Å²) in [6.07, 6.45) is -0.909. The van der Waals surface area contributed by atoms with Gasteiger partial charge in [0.2, 0.25) is 11.8 Å². The molecule has 0 aliphatic rings. The molecule has 10 heteroatoms. The Balaban J connectivity index is 2.89. The molecule has 4 N–H and O–H groups in total. The minimum Gasteiger partial charge on any atom is -0.448 e. The van der Waals surface area contributed by atoms with Crippen LogP contribution in [0.5, 0.6) is 0 Å². The second kappa shape index (κ2) is 7.07. The summed E-state index contributed by atoms with van der Waals surface area (Å²) < 4.78 is 4.52. The maximum absolute atomic E-state index is 11.0. The number of rotatable bonds is 7. The van der Waals surface area contributed by atoms with Crippen LogP contribution in [0.3, 0.4) is 0 Å². The molecule has 1 aromatic rings. The van der Waals surface area contributed by atoms with Crippen LogP contribution in [-0.2, 0) is 4.74 Å². The van der Waals surface area contributed by atoms with Crippen molar-refractivity contribution < 1.29 is 14.5 Å². The molecule has 0 saturated heterocycles. The lowest BCUT2D eigenvalue weighted by molar-refractivity contribution is -0.385. The van der Waals surface area contributed by atoms with Gasteiger partial charge in [-0.1, -0.05) is 0 Å². The zero-order chi connectivity index (χ0) is 15.1. The Hall–Kier alpha value is -2.65. The topological polar surface area (TPSA) is 145 Å². The number of aromatic nitrogens is 2. The lowest BCUT2D eigenvalue weighted by atomic mass is 10.3. The van der Waals surface area contributed by atoms with Gasteiger partial charge in [-0.3, -0.25) is 10.1 Å². The van der Waals surface area contributed by atoms with E-state index in [0.29, 0.717) is 6.54 Å². The maximum atomic E-state index is 11.0. The largest absolute Gasteiger partial charge is 0.448 e. The third-order valence-electron chi connectivity index (χ3n) is 2.21. The van der Waals surface area contributed by atoms with Gasteiger partial charge in [0.1, 0.15) is 12.3 Å². The summed E-state index contributed by atoms with van der Waals surface area (Å²) in [7, 11) is 0. The van der Waals surface area contributed by atoms with Gasteiger partial charge in [0, 0.05) is 6.54 Å². The highest BCUT2D eigenvalue weighted by atomic mass is 16.6. The summed E-state index contributed by atoms with van der Waals surface area (Å²) >= 11 is 0. The number of nitrogens with two attached hydrogens (primary N) is 1. The fourth-order valence-electron chi connectivity index (χ4n) is 1.47. The van der Waals surface area contributed by atoms with Gasteiger partial charge in [0.05, 0.1) is 11.5 Å². The van der Waals surface area contributed by atoms with Crippen molar-refractivity contribution >= 4 is 23.5 Å². The third-order valence-corrected chi connectivity index (χ3v) is 2.21. The molecule has 1 rings (SSSR count). The molecule has 0 fully saturated rings. The number of anilines is 2. The summed E-state index contributed by atoms with van der Waals surface area (Å²) in [5.74, 6) is 0.348. The molecule has 10 nitrogen and oxygen atoms in total. The van der Waals surface area contributed by atoms with Crippen molar-refractivity contribution in [3.8, 4) is 0 Å². The predicted octanol–water partition coefficient (Wildman–Crippen LogP) is 0.632. The molecule has 0 atom stereocenters. The molecule has 110 valence electrons. The SMILES string of the molecule is CCNc1nc(C)c([N+](=O)[O-])c(NCCOC(N)=O)n1. The first kappa shape index (κ1) is 15.4. The van der Waals surface area contributed by atoms with Crippen molar-refractivity contribution in [1.82, 2.24) is 9.97 Å². The van der Waals surface area contributed by atoms with Crippen molar-refractivity contribution in [1.29, 1.82) is 0 Å². The quantitative estimate of drug-likeness (QED) is 0.375. The molecule has 0 unspecified atom stereocenters. The minimum absolute atomic E-state index is 0.0217. The Morgan fingerprint density at radius 3 is 2.70 bits per heavy atom. The van der Waals surface area contributed by atoms with Gasteiger partial charge in [0.25, 0.3) is 0 Å². The van der Waals surface area contributed by atoms with E-state index in [1.807, 2.05) is 6.92 Å². The fourth-order valence-corrected chi connectivity index (χ4v) is 1.47. The number of nitrogens with one attached hydrogen (secondary N) is 2. The molecular weight excluding hydrogens is 268 g/mol. The first-order chi connectivity index (χ1) is 9.45. The van der Waals surface area contributed by atoms with Gasteiger partial charge in [-0.25, -0.2) is 9.78 Å². The fraction of sp³-hybridized carbons (Fsp3) is 0.500. The van der Waals surface area contributed by atoms with Crippen LogP contribution in [-0.4, -0.2) is 40.7 Å². The van der Waals surface area contributed by atoms with E-state index in [-0.39, 0.29) is 36.3 Å². The van der Waals surface area contributed by atoms with Crippen LogP contribution >= 0.6 is 0 Å². The zero-order valence-corrected chi connectivity index (χ0v) is 11.2. The molecule has 0 bridgehead atoms. The Morgan fingerprint density at radius 2 is 2.15 bits per heavy atom. The molecule has 0 radical (unpaired) electrons. The van der Waals surface area contributed by atoms with Crippen LogP contribution in [0.1, 0.15) is 12.6 Å². The summed E-state index contributed by atoms with van der Waals surface area (Å²) in [4.78, 5) is 28.9. The van der Waals surface area contributed by atoms with Crippen LogP contribution in [0.4, 0.5) is 22.2 Å². The smallest absolute Gasteiger partial charge is 0.404 e. The maximum Gasteiger partial charge on any atom is 0.404 e. The summed E-state index contributed by atoms with van der Waals surface area (Å²) in [5, 5.41) is 16.6. The number of aryl methyl sites for hydroxylation is 1. The van der Waals surface area contributed by atoms with Gasteiger partial charge in [-0.15, -0.1) is 0 Å². The van der Waals surface area contributed by atoms with Gasteiger partial charge < -0.3 is 21.1 Å². The van der Waals surface area contributed by atoms with Crippen LogP contribution in [0.15, 0.2) is 0 Å². The normalized spacial score (nSPS) is 9.90. The number of hydrogen-bond donors (Lipinski definition) is 3. The number of primary amides is 1. The standard InChI is InChI=1S/C10H16N6O4/c1-3-12-10-14-6(2)7(16(18)19)8(15-10)13-4-5-20-9(11)17/h3-5H2,1-2H3,(H2,11,17)(H2,12,13,14,15). The van der Waals surface area contributed by atoms with E-state index in [9.17, 15) is 14.9 Å². The second-order valence-electron chi connectivity index (χ2n) is 3.71. The Kier molecular flexibility index (Phi) is 5.44. The molecule has 0 aromatic carbocycles. The molecule has 0 saturated carbocycles. The monoisotopic (exact) mass is 284 g/mol. The highest BCUT2D eigenvalue weighted by Crippen LogP contribution is 2.26. The van der Waals surface area contributed by atoms with E-state index in [1.54, 1.807) is 0 Å². The molecule has 0 spiro atoms. The first-order valence-electron chi connectivity index (χ1n) is 5.88. The van der Waals surface area contributed by atoms with Crippen LogP contribution in [0.2, 0.25) is 0 Å². The van der Waals surface area contributed by atoms with E-state index in [0.717, 1.165) is 0 Å². The van der Waals surface area contributed by atoms with E-state index in [4.69, 9.17) is 5.73 Å². The lowest BCUT2D eigenvalue weighted by Gasteiger charge is -2.10. The summed E-state index contributed by atoms with van der Waals surface area (Å²) in [6, 6.07) is 0. The second-order valence-corrected chi connectivity index (χ2v) is 3.71. The number of amides is 1. The number of nitro groups is 1. The number of ether oxygens (including phenoxy) is 1. The van der Waals surface area contributed by atoms with Gasteiger partial charge in [0.15, 0.2) is 0 Å². The van der Waals surface area contributed by atoms with Crippen molar-refractivity contribution in [2.24, 2.45) is 5.73 Å². The zero-order valence-electron chi connectivity index (χ0n) is 11.2. The highest BCUT2D eigenvalue weighted by Gasteiger charge is 2.21. The molecule has 0 aliphatic heterocycles. The molecule has 1 amide bonds. The van der Waals surface area contributed by atoms with Crippen LogP contribution in [0.25, 0.3) is 0 Å². The van der Waals surface area contributed by atoms with Gasteiger partial charge >= 0.3 is 11.8 Å². The van der Waals surface area contributed by atoms with Crippen LogP contribution in [0, 0.1) is 17.0 Å². The Morgan fingerprint density at radius 1 is 1.45 bits per heavy atom. The average molecular weight is 284 g/mol. The molecule has 1 heterocycles. The first-order valence-corrected chi connectivity index (χ1v) is 5.88. The molecular formula is C10H16N6O4.